The first-order chi connectivity index (χ1) is 13.3. The number of carbonyl (C=O) groups excluding carboxylic acids is 3. The van der Waals surface area contributed by atoms with Crippen molar-refractivity contribution in [3.05, 3.63) is 29.9 Å². The summed E-state index contributed by atoms with van der Waals surface area (Å²) >= 11 is 0. The van der Waals surface area contributed by atoms with Gasteiger partial charge in [0.25, 0.3) is 5.91 Å². The van der Waals surface area contributed by atoms with Gasteiger partial charge in [0.05, 0.1) is 24.0 Å². The Morgan fingerprint density at radius 3 is 2.68 bits per heavy atom. The van der Waals surface area contributed by atoms with Crippen LogP contribution in [-0.2, 0) is 16.6 Å². The Hall–Kier alpha value is -3.17. The number of carbonyl (C=O) groups is 3. The van der Waals surface area contributed by atoms with E-state index in [2.05, 4.69) is 10.3 Å². The van der Waals surface area contributed by atoms with Crippen LogP contribution in [0.3, 0.4) is 0 Å². The SMILES string of the molecule is CC(=O)N1CC(=O)N(c2cnn(C)c2)C[C@]12CCN(C(=O)c1cc(C)on1)C2. The smallest absolute Gasteiger partial charge is 0.276 e. The summed E-state index contributed by atoms with van der Waals surface area (Å²) in [7, 11) is 1.78. The fraction of sp³-hybridized carbons (Fsp3) is 0.500. The molecule has 2 saturated heterocycles. The van der Waals surface area contributed by atoms with Crippen molar-refractivity contribution >= 4 is 23.4 Å². The van der Waals surface area contributed by atoms with E-state index < -0.39 is 5.54 Å². The highest BCUT2D eigenvalue weighted by atomic mass is 16.5. The lowest BCUT2D eigenvalue weighted by Gasteiger charge is -2.47. The molecule has 2 fully saturated rings. The molecule has 1 atom stereocenters. The molecule has 2 aromatic rings. The summed E-state index contributed by atoms with van der Waals surface area (Å²) in [4.78, 5) is 42.7. The predicted molar refractivity (Wildman–Crippen MR) is 97.4 cm³/mol. The number of aromatic nitrogens is 3. The summed E-state index contributed by atoms with van der Waals surface area (Å²) in [5.74, 6) is -0.00723. The van der Waals surface area contributed by atoms with Crippen LogP contribution in [0.15, 0.2) is 23.0 Å². The Labute approximate surface area is 161 Å². The maximum absolute atomic E-state index is 12.8. The number of rotatable bonds is 2. The molecule has 0 aliphatic carbocycles. The van der Waals surface area contributed by atoms with Crippen LogP contribution in [0.2, 0.25) is 0 Å². The van der Waals surface area contributed by atoms with Gasteiger partial charge in [0.2, 0.25) is 11.8 Å². The fourth-order valence-corrected chi connectivity index (χ4v) is 4.09. The van der Waals surface area contributed by atoms with Crippen molar-refractivity contribution in [1.82, 2.24) is 24.7 Å². The minimum atomic E-state index is -0.635. The highest BCUT2D eigenvalue weighted by molar-refractivity contribution is 5.98. The summed E-state index contributed by atoms with van der Waals surface area (Å²) in [6.07, 6.45) is 3.98. The molecule has 0 unspecified atom stereocenters. The second-order valence-corrected chi connectivity index (χ2v) is 7.48. The van der Waals surface area contributed by atoms with E-state index in [1.165, 1.54) is 6.92 Å². The van der Waals surface area contributed by atoms with Crippen molar-refractivity contribution < 1.29 is 18.9 Å². The minimum Gasteiger partial charge on any atom is -0.361 e. The van der Waals surface area contributed by atoms with Gasteiger partial charge in [-0.3, -0.25) is 19.1 Å². The average Bonchev–Trinajstić information content (AvgIpc) is 3.37. The highest BCUT2D eigenvalue weighted by Crippen LogP contribution is 2.35. The van der Waals surface area contributed by atoms with Gasteiger partial charge in [-0.15, -0.1) is 0 Å². The quantitative estimate of drug-likeness (QED) is 0.730. The summed E-state index contributed by atoms with van der Waals surface area (Å²) in [6.45, 7) is 4.30. The van der Waals surface area contributed by atoms with Crippen LogP contribution in [0.1, 0.15) is 29.6 Å². The molecule has 0 bridgehead atoms. The van der Waals surface area contributed by atoms with Crippen LogP contribution in [0.5, 0.6) is 0 Å². The normalized spacial score (nSPS) is 22.4. The first kappa shape index (κ1) is 18.2. The van der Waals surface area contributed by atoms with Gasteiger partial charge in [0.15, 0.2) is 5.69 Å². The number of nitrogens with zero attached hydrogens (tertiary/aromatic N) is 6. The van der Waals surface area contributed by atoms with E-state index in [0.717, 1.165) is 0 Å². The van der Waals surface area contributed by atoms with Gasteiger partial charge in [-0.05, 0) is 13.3 Å². The number of aryl methyl sites for hydroxylation is 2. The lowest BCUT2D eigenvalue weighted by Crippen LogP contribution is -2.67. The molecule has 4 heterocycles. The minimum absolute atomic E-state index is 0.0185. The molecule has 10 heteroatoms. The molecule has 0 saturated carbocycles. The fourth-order valence-electron chi connectivity index (χ4n) is 4.09. The van der Waals surface area contributed by atoms with Gasteiger partial charge in [0, 0.05) is 39.3 Å². The van der Waals surface area contributed by atoms with Crippen LogP contribution in [0, 0.1) is 6.92 Å². The van der Waals surface area contributed by atoms with Gasteiger partial charge in [0.1, 0.15) is 12.3 Å². The molecule has 0 aromatic carbocycles. The van der Waals surface area contributed by atoms with Crippen LogP contribution in [0.4, 0.5) is 5.69 Å². The van der Waals surface area contributed by atoms with Gasteiger partial charge in [-0.1, -0.05) is 5.16 Å². The summed E-state index contributed by atoms with van der Waals surface area (Å²) < 4.78 is 6.64. The Balaban J connectivity index is 1.62. The van der Waals surface area contributed by atoms with E-state index in [4.69, 9.17) is 4.52 Å². The second kappa shape index (κ2) is 6.47. The average molecular weight is 386 g/mol. The lowest BCUT2D eigenvalue weighted by atomic mass is 9.92. The molecule has 28 heavy (non-hydrogen) atoms. The number of anilines is 1. The molecule has 0 N–H and O–H groups in total. The standard InChI is InChI=1S/C18H22N6O4/c1-12-6-15(20-28-12)17(27)22-5-4-18(10-22)11-23(14-7-19-21(3)8-14)16(26)9-24(18)13(2)25/h6-8H,4-5,9-11H2,1-3H3/t18-/m1/s1. The topological polar surface area (TPSA) is 105 Å². The molecule has 4 rings (SSSR count). The van der Waals surface area contributed by atoms with Crippen molar-refractivity contribution in [3.8, 4) is 0 Å². The van der Waals surface area contributed by atoms with E-state index in [1.54, 1.807) is 51.8 Å². The van der Waals surface area contributed by atoms with Gasteiger partial charge >= 0.3 is 0 Å². The third-order valence-electron chi connectivity index (χ3n) is 5.47. The van der Waals surface area contributed by atoms with Crippen molar-refractivity contribution in [2.24, 2.45) is 7.05 Å². The van der Waals surface area contributed by atoms with Crippen LogP contribution < -0.4 is 4.90 Å². The third kappa shape index (κ3) is 2.94. The molecule has 2 aromatic heterocycles. The van der Waals surface area contributed by atoms with Crippen LogP contribution in [0.25, 0.3) is 0 Å². The molecule has 2 aliphatic rings. The Kier molecular flexibility index (Phi) is 4.20. The van der Waals surface area contributed by atoms with E-state index in [0.29, 0.717) is 37.5 Å². The van der Waals surface area contributed by atoms with Crippen LogP contribution in [-0.4, -0.2) is 74.2 Å². The number of hydrogen-bond donors (Lipinski definition) is 0. The molecule has 0 radical (unpaired) electrons. The summed E-state index contributed by atoms with van der Waals surface area (Å²) in [5, 5.41) is 7.94. The molecule has 10 nitrogen and oxygen atoms in total. The van der Waals surface area contributed by atoms with Crippen molar-refractivity contribution in [2.45, 2.75) is 25.8 Å². The van der Waals surface area contributed by atoms with Gasteiger partial charge < -0.3 is 19.2 Å². The first-order valence-electron chi connectivity index (χ1n) is 9.09. The molecule has 1 spiro atoms. The molecular formula is C18H22N6O4. The van der Waals surface area contributed by atoms with E-state index in [-0.39, 0.29) is 30.0 Å². The Morgan fingerprint density at radius 1 is 1.29 bits per heavy atom. The van der Waals surface area contributed by atoms with E-state index in [9.17, 15) is 14.4 Å². The van der Waals surface area contributed by atoms with E-state index >= 15 is 0 Å². The third-order valence-corrected chi connectivity index (χ3v) is 5.47. The highest BCUT2D eigenvalue weighted by Gasteiger charge is 2.51. The molecule has 2 aliphatic heterocycles. The number of amides is 3. The maximum atomic E-state index is 12.8. The number of piperazine rings is 1. The van der Waals surface area contributed by atoms with Gasteiger partial charge in [-0.2, -0.15) is 5.10 Å². The van der Waals surface area contributed by atoms with E-state index in [1.807, 2.05) is 0 Å². The number of hydrogen-bond acceptors (Lipinski definition) is 6. The van der Waals surface area contributed by atoms with Crippen LogP contribution >= 0.6 is 0 Å². The maximum Gasteiger partial charge on any atom is 0.276 e. The van der Waals surface area contributed by atoms with Gasteiger partial charge in [-0.25, -0.2) is 0 Å². The molecular weight excluding hydrogens is 364 g/mol. The Bertz CT molecular complexity index is 950. The monoisotopic (exact) mass is 386 g/mol. The zero-order chi connectivity index (χ0) is 20.1. The first-order valence-corrected chi connectivity index (χ1v) is 9.09. The van der Waals surface area contributed by atoms with Crippen molar-refractivity contribution in [1.29, 1.82) is 0 Å². The molecule has 148 valence electrons. The summed E-state index contributed by atoms with van der Waals surface area (Å²) in [5.41, 5.74) is 0.302. The second-order valence-electron chi connectivity index (χ2n) is 7.48. The van der Waals surface area contributed by atoms with Crippen molar-refractivity contribution in [3.63, 3.8) is 0 Å². The summed E-state index contributed by atoms with van der Waals surface area (Å²) in [6, 6.07) is 1.60. The van der Waals surface area contributed by atoms with Crippen molar-refractivity contribution in [2.75, 3.05) is 31.1 Å². The lowest BCUT2D eigenvalue weighted by molar-refractivity contribution is -0.142. The zero-order valence-corrected chi connectivity index (χ0v) is 16.1. The largest absolute Gasteiger partial charge is 0.361 e. The Morgan fingerprint density at radius 2 is 2.07 bits per heavy atom. The molecule has 3 amide bonds. The number of likely N-dealkylation sites (tertiary alicyclic amines) is 1. The zero-order valence-electron chi connectivity index (χ0n) is 16.1. The predicted octanol–water partition coefficient (Wildman–Crippen LogP) is 0.197.